The molecule has 0 aliphatic heterocycles. The van der Waals surface area contributed by atoms with E-state index in [0.29, 0.717) is 6.54 Å². The summed E-state index contributed by atoms with van der Waals surface area (Å²) in [6.45, 7) is 5.81. The molecule has 0 N–H and O–H groups in total. The Bertz CT molecular complexity index is 1150. The predicted octanol–water partition coefficient (Wildman–Crippen LogP) is 4.57. The molecule has 5 nitrogen and oxygen atoms in total. The largest absolute Gasteiger partial charge is 0.454 e. The number of esters is 1. The summed E-state index contributed by atoms with van der Waals surface area (Å²) < 4.78 is 33.0. The van der Waals surface area contributed by atoms with Crippen molar-refractivity contribution >= 4 is 17.8 Å². The van der Waals surface area contributed by atoms with Gasteiger partial charge in [-0.05, 0) is 50.6 Å². The zero-order valence-corrected chi connectivity index (χ0v) is 17.5. The molecule has 0 fully saturated rings. The lowest BCUT2D eigenvalue weighted by Crippen LogP contribution is -2.13. The van der Waals surface area contributed by atoms with Gasteiger partial charge in [0.15, 0.2) is 24.0 Å². The summed E-state index contributed by atoms with van der Waals surface area (Å²) in [4.78, 5) is 24.0. The minimum Gasteiger partial charge on any atom is -0.454 e. The zero-order chi connectivity index (χ0) is 22.5. The van der Waals surface area contributed by atoms with Crippen LogP contribution in [0, 0.1) is 32.4 Å². The Morgan fingerprint density at radius 1 is 1.03 bits per heavy atom. The fourth-order valence-electron chi connectivity index (χ4n) is 3.06. The second-order valence-corrected chi connectivity index (χ2v) is 7.22. The number of Topliss-reactive ketones (excluding diaryl/α,β-unsaturated/α-hetero) is 1. The van der Waals surface area contributed by atoms with Crippen LogP contribution in [0.25, 0.3) is 6.08 Å². The summed E-state index contributed by atoms with van der Waals surface area (Å²) in [6.07, 6.45) is 2.80. The molecule has 3 rings (SSSR count). The van der Waals surface area contributed by atoms with Crippen molar-refractivity contribution in [1.29, 1.82) is 0 Å². The lowest BCUT2D eigenvalue weighted by Gasteiger charge is -2.05. The third-order valence-electron chi connectivity index (χ3n) is 4.86. The van der Waals surface area contributed by atoms with Crippen molar-refractivity contribution in [3.8, 4) is 0 Å². The Hall–Kier alpha value is -3.61. The molecule has 0 unspecified atom stereocenters. The minimum atomic E-state index is -1.13. The molecule has 0 saturated heterocycles. The van der Waals surface area contributed by atoms with Crippen LogP contribution in [0.5, 0.6) is 0 Å². The molecule has 0 radical (unpaired) electrons. The fraction of sp³-hybridized carbons (Fsp3) is 0.208. The number of aromatic nitrogens is 2. The number of aryl methyl sites for hydroxylation is 2. The number of carbonyl (C=O) groups excluding carboxylic acids is 2. The Kier molecular flexibility index (Phi) is 6.74. The fourth-order valence-corrected chi connectivity index (χ4v) is 3.06. The van der Waals surface area contributed by atoms with Crippen LogP contribution in [0.15, 0.2) is 48.5 Å². The number of benzene rings is 2. The molecule has 31 heavy (non-hydrogen) atoms. The maximum Gasteiger partial charge on any atom is 0.331 e. The van der Waals surface area contributed by atoms with Crippen molar-refractivity contribution in [2.45, 2.75) is 27.3 Å². The highest BCUT2D eigenvalue weighted by Crippen LogP contribution is 2.17. The van der Waals surface area contributed by atoms with Gasteiger partial charge in [0.25, 0.3) is 0 Å². The molecule has 1 aromatic heterocycles. The average molecular weight is 424 g/mol. The van der Waals surface area contributed by atoms with Gasteiger partial charge in [-0.2, -0.15) is 5.10 Å². The molecule has 2 aromatic carbocycles. The van der Waals surface area contributed by atoms with E-state index in [9.17, 15) is 18.4 Å². The maximum absolute atomic E-state index is 13.2. The molecule has 0 aliphatic rings. The van der Waals surface area contributed by atoms with Crippen LogP contribution in [-0.4, -0.2) is 28.1 Å². The standard InChI is InChI=1S/C24H22F2N2O3/c1-15-4-6-18(7-5-15)13-28-17(3)20(16(2)27-28)9-11-24(30)31-14-23(29)19-8-10-21(25)22(26)12-19/h4-12H,13-14H2,1-3H3/b11-9+. The van der Waals surface area contributed by atoms with Gasteiger partial charge in [-0.25, -0.2) is 13.6 Å². The second-order valence-electron chi connectivity index (χ2n) is 7.22. The molecular weight excluding hydrogens is 402 g/mol. The molecule has 160 valence electrons. The molecule has 0 atom stereocenters. The van der Waals surface area contributed by atoms with Gasteiger partial charge in [-0.1, -0.05) is 29.8 Å². The van der Waals surface area contributed by atoms with Gasteiger partial charge in [0, 0.05) is 22.9 Å². The van der Waals surface area contributed by atoms with Crippen LogP contribution in [0.1, 0.15) is 38.4 Å². The highest BCUT2D eigenvalue weighted by Gasteiger charge is 2.13. The van der Waals surface area contributed by atoms with E-state index < -0.39 is 30.0 Å². The van der Waals surface area contributed by atoms with Gasteiger partial charge in [0.05, 0.1) is 12.2 Å². The van der Waals surface area contributed by atoms with E-state index in [0.717, 1.165) is 40.7 Å². The molecule has 0 saturated carbocycles. The Morgan fingerprint density at radius 3 is 2.42 bits per heavy atom. The van der Waals surface area contributed by atoms with Crippen molar-refractivity contribution in [3.05, 3.63) is 93.8 Å². The number of halogens is 2. The van der Waals surface area contributed by atoms with Crippen LogP contribution < -0.4 is 0 Å². The summed E-state index contributed by atoms with van der Waals surface area (Å²) in [5.41, 5.74) is 4.66. The van der Waals surface area contributed by atoms with E-state index in [4.69, 9.17) is 4.74 Å². The number of hydrogen-bond donors (Lipinski definition) is 0. The highest BCUT2D eigenvalue weighted by molar-refractivity contribution is 5.98. The van der Waals surface area contributed by atoms with Crippen LogP contribution in [0.4, 0.5) is 8.78 Å². The molecule has 0 aliphatic carbocycles. The van der Waals surface area contributed by atoms with Gasteiger partial charge in [0.2, 0.25) is 0 Å². The first-order valence-electron chi connectivity index (χ1n) is 9.67. The average Bonchev–Trinajstić information content (AvgIpc) is 3.00. The zero-order valence-electron chi connectivity index (χ0n) is 17.5. The predicted molar refractivity (Wildman–Crippen MR) is 113 cm³/mol. The lowest BCUT2D eigenvalue weighted by atomic mass is 10.1. The van der Waals surface area contributed by atoms with E-state index in [1.807, 2.05) is 49.7 Å². The maximum atomic E-state index is 13.2. The SMILES string of the molecule is Cc1ccc(Cn2nc(C)c(/C=C/C(=O)OCC(=O)c3ccc(F)c(F)c3)c2C)cc1. The first kappa shape index (κ1) is 22.1. The summed E-state index contributed by atoms with van der Waals surface area (Å²) in [5, 5.41) is 4.53. The Morgan fingerprint density at radius 2 is 1.74 bits per heavy atom. The monoisotopic (exact) mass is 424 g/mol. The summed E-state index contributed by atoms with van der Waals surface area (Å²) in [5.74, 6) is -3.53. The van der Waals surface area contributed by atoms with E-state index in [1.165, 1.54) is 11.6 Å². The number of ketones is 1. The van der Waals surface area contributed by atoms with Gasteiger partial charge in [0.1, 0.15) is 0 Å². The minimum absolute atomic E-state index is 0.0697. The normalized spacial score (nSPS) is 11.1. The van der Waals surface area contributed by atoms with Crippen LogP contribution in [0.3, 0.4) is 0 Å². The molecule has 7 heteroatoms. The van der Waals surface area contributed by atoms with Crippen molar-refractivity contribution in [1.82, 2.24) is 9.78 Å². The molecule has 3 aromatic rings. The van der Waals surface area contributed by atoms with E-state index >= 15 is 0 Å². The number of carbonyl (C=O) groups is 2. The lowest BCUT2D eigenvalue weighted by molar-refractivity contribution is -0.136. The van der Waals surface area contributed by atoms with Gasteiger partial charge in [-0.3, -0.25) is 9.48 Å². The molecule has 0 spiro atoms. The second kappa shape index (κ2) is 9.47. The van der Waals surface area contributed by atoms with Crippen molar-refractivity contribution < 1.29 is 23.1 Å². The number of nitrogens with zero attached hydrogens (tertiary/aromatic N) is 2. The first-order valence-corrected chi connectivity index (χ1v) is 9.67. The number of hydrogen-bond acceptors (Lipinski definition) is 4. The Labute approximate surface area is 179 Å². The van der Waals surface area contributed by atoms with E-state index in [1.54, 1.807) is 6.08 Å². The van der Waals surface area contributed by atoms with Crippen LogP contribution in [0.2, 0.25) is 0 Å². The van der Waals surface area contributed by atoms with E-state index in [2.05, 4.69) is 5.10 Å². The summed E-state index contributed by atoms with van der Waals surface area (Å²) in [7, 11) is 0. The summed E-state index contributed by atoms with van der Waals surface area (Å²) in [6, 6.07) is 10.9. The van der Waals surface area contributed by atoms with E-state index in [-0.39, 0.29) is 5.56 Å². The van der Waals surface area contributed by atoms with Crippen LogP contribution in [-0.2, 0) is 16.1 Å². The highest BCUT2D eigenvalue weighted by atomic mass is 19.2. The molecule has 0 amide bonds. The molecule has 1 heterocycles. The summed E-state index contributed by atoms with van der Waals surface area (Å²) >= 11 is 0. The third-order valence-corrected chi connectivity index (χ3v) is 4.86. The molecule has 0 bridgehead atoms. The number of ether oxygens (including phenoxy) is 1. The third kappa shape index (κ3) is 5.51. The van der Waals surface area contributed by atoms with Gasteiger partial charge >= 0.3 is 5.97 Å². The quantitative estimate of drug-likeness (QED) is 0.317. The van der Waals surface area contributed by atoms with Crippen molar-refractivity contribution in [2.75, 3.05) is 6.61 Å². The van der Waals surface area contributed by atoms with Crippen molar-refractivity contribution in [2.24, 2.45) is 0 Å². The number of rotatable bonds is 7. The van der Waals surface area contributed by atoms with Crippen LogP contribution >= 0.6 is 0 Å². The topological polar surface area (TPSA) is 61.2 Å². The van der Waals surface area contributed by atoms with Crippen molar-refractivity contribution in [3.63, 3.8) is 0 Å². The molecular formula is C24H22F2N2O3. The Balaban J connectivity index is 1.62. The smallest absolute Gasteiger partial charge is 0.331 e. The van der Waals surface area contributed by atoms with Gasteiger partial charge < -0.3 is 4.74 Å². The first-order chi connectivity index (χ1) is 14.7. The van der Waals surface area contributed by atoms with Gasteiger partial charge in [-0.15, -0.1) is 0 Å².